The van der Waals surface area contributed by atoms with Crippen molar-refractivity contribution in [3.63, 3.8) is 0 Å². The van der Waals surface area contributed by atoms with Crippen LogP contribution >= 0.6 is 22.7 Å². The maximum atomic E-state index is 5.10. The number of hydrogen-bond acceptors (Lipinski definition) is 3. The molecule has 0 radical (unpaired) electrons. The Hall–Kier alpha value is -5.03. The SMILES string of the molecule is c1ccc2cc3c(cc2c1)c1c2ccccc2ccc1n3-c1ccc(-c2nc3ccc4sc5ccccc5c4c3s2)cc1. The maximum Gasteiger partial charge on any atom is 0.124 e. The number of hydrogen-bond donors (Lipinski definition) is 0. The largest absolute Gasteiger partial charge is 0.309 e. The third-order valence-electron chi connectivity index (χ3n) is 8.79. The van der Waals surface area contributed by atoms with Crippen LogP contribution in [0, 0.1) is 0 Å². The zero-order valence-corrected chi connectivity index (χ0v) is 24.5. The van der Waals surface area contributed by atoms with Gasteiger partial charge in [0.2, 0.25) is 0 Å². The lowest BCUT2D eigenvalue weighted by molar-refractivity contribution is 1.18. The molecule has 0 aliphatic carbocycles. The van der Waals surface area contributed by atoms with E-state index in [1.54, 1.807) is 11.3 Å². The van der Waals surface area contributed by atoms with E-state index in [0.29, 0.717) is 0 Å². The van der Waals surface area contributed by atoms with Gasteiger partial charge in [-0.05, 0) is 82.2 Å². The molecule has 0 saturated heterocycles. The molecule has 10 aromatic rings. The van der Waals surface area contributed by atoms with Crippen LogP contribution in [0.25, 0.3) is 90.0 Å². The van der Waals surface area contributed by atoms with E-state index in [0.717, 1.165) is 21.8 Å². The van der Waals surface area contributed by atoms with Gasteiger partial charge in [-0.3, -0.25) is 0 Å². The van der Waals surface area contributed by atoms with Crippen LogP contribution in [-0.4, -0.2) is 9.55 Å². The molecule has 2 nitrogen and oxygen atoms in total. The van der Waals surface area contributed by atoms with Crippen molar-refractivity contribution >= 4 is 96.4 Å². The Morgan fingerprint density at radius 2 is 1.23 bits per heavy atom. The van der Waals surface area contributed by atoms with E-state index in [4.69, 9.17) is 4.98 Å². The van der Waals surface area contributed by atoms with Crippen LogP contribution in [0.3, 0.4) is 0 Å². The highest BCUT2D eigenvalue weighted by atomic mass is 32.1. The van der Waals surface area contributed by atoms with E-state index in [1.807, 2.05) is 11.3 Å². The second-order valence-corrected chi connectivity index (χ2v) is 13.3. The van der Waals surface area contributed by atoms with Crippen LogP contribution in [0.2, 0.25) is 0 Å². The van der Waals surface area contributed by atoms with Crippen LogP contribution in [0.5, 0.6) is 0 Å². The second-order valence-electron chi connectivity index (χ2n) is 11.2. The van der Waals surface area contributed by atoms with E-state index in [2.05, 4.69) is 138 Å². The Morgan fingerprint density at radius 3 is 2.09 bits per heavy atom. The van der Waals surface area contributed by atoms with Crippen molar-refractivity contribution in [3.8, 4) is 16.3 Å². The third kappa shape index (κ3) is 3.36. The molecule has 0 unspecified atom stereocenters. The van der Waals surface area contributed by atoms with Gasteiger partial charge in [0.05, 0.1) is 21.3 Å². The van der Waals surface area contributed by atoms with Crippen molar-refractivity contribution in [2.24, 2.45) is 0 Å². The number of benzene rings is 7. The number of rotatable bonds is 2. The van der Waals surface area contributed by atoms with Gasteiger partial charge in [0.15, 0.2) is 0 Å². The summed E-state index contributed by atoms with van der Waals surface area (Å²) in [5, 5.41) is 11.4. The van der Waals surface area contributed by atoms with Gasteiger partial charge in [0, 0.05) is 42.2 Å². The van der Waals surface area contributed by atoms with Gasteiger partial charge < -0.3 is 4.57 Å². The van der Waals surface area contributed by atoms with Gasteiger partial charge in [-0.15, -0.1) is 22.7 Å². The van der Waals surface area contributed by atoms with Crippen LogP contribution in [0.15, 0.2) is 133 Å². The van der Waals surface area contributed by atoms with Gasteiger partial charge in [0.1, 0.15) is 5.01 Å². The molecule has 0 amide bonds. The molecular weight excluding hydrogens is 561 g/mol. The second kappa shape index (κ2) is 8.74. The molecular formula is C39H22N2S2. The number of thiophene rings is 1. The molecule has 0 aliphatic rings. The van der Waals surface area contributed by atoms with E-state index in [1.165, 1.54) is 68.2 Å². The van der Waals surface area contributed by atoms with Crippen LogP contribution < -0.4 is 0 Å². The minimum atomic E-state index is 1.06. The Labute approximate surface area is 254 Å². The molecule has 0 N–H and O–H groups in total. The Morgan fingerprint density at radius 1 is 0.488 bits per heavy atom. The molecule has 200 valence electrons. The Balaban J connectivity index is 1.18. The minimum Gasteiger partial charge on any atom is -0.309 e. The first-order valence-corrected chi connectivity index (χ1v) is 16.1. The maximum absolute atomic E-state index is 5.10. The fourth-order valence-corrected chi connectivity index (χ4v) is 9.13. The molecule has 0 spiro atoms. The van der Waals surface area contributed by atoms with Gasteiger partial charge in [0.25, 0.3) is 0 Å². The van der Waals surface area contributed by atoms with Crippen molar-refractivity contribution in [1.82, 2.24) is 9.55 Å². The summed E-state index contributed by atoms with van der Waals surface area (Å²) in [6.07, 6.45) is 0. The lowest BCUT2D eigenvalue weighted by atomic mass is 10.0. The summed E-state index contributed by atoms with van der Waals surface area (Å²) < 4.78 is 6.35. The summed E-state index contributed by atoms with van der Waals surface area (Å²) >= 11 is 3.66. The van der Waals surface area contributed by atoms with E-state index in [9.17, 15) is 0 Å². The van der Waals surface area contributed by atoms with Gasteiger partial charge in [-0.1, -0.05) is 72.8 Å². The van der Waals surface area contributed by atoms with E-state index >= 15 is 0 Å². The van der Waals surface area contributed by atoms with Crippen molar-refractivity contribution in [2.75, 3.05) is 0 Å². The number of fused-ring (bicyclic) bond motifs is 11. The topological polar surface area (TPSA) is 17.8 Å². The summed E-state index contributed by atoms with van der Waals surface area (Å²) in [7, 11) is 0. The highest BCUT2D eigenvalue weighted by Crippen LogP contribution is 2.43. The zero-order valence-electron chi connectivity index (χ0n) is 22.9. The zero-order chi connectivity index (χ0) is 28.1. The fraction of sp³-hybridized carbons (Fsp3) is 0. The molecule has 7 aromatic carbocycles. The van der Waals surface area contributed by atoms with Crippen molar-refractivity contribution < 1.29 is 0 Å². The van der Waals surface area contributed by atoms with Gasteiger partial charge in [-0.25, -0.2) is 4.98 Å². The van der Waals surface area contributed by atoms with Crippen LogP contribution in [-0.2, 0) is 0 Å². The molecule has 10 rings (SSSR count). The van der Waals surface area contributed by atoms with Gasteiger partial charge >= 0.3 is 0 Å². The summed E-state index contributed by atoms with van der Waals surface area (Å²) in [4.78, 5) is 5.10. The van der Waals surface area contributed by atoms with E-state index in [-0.39, 0.29) is 0 Å². The predicted octanol–water partition coefficient (Wildman–Crippen LogP) is 11.7. The molecule has 0 atom stereocenters. The standard InChI is InChI=1S/C39H22N2S2/c1-2-9-26-22-33-30(21-25(26)8-1)36-28-10-4-3-7-23(28)15-19-32(36)41(33)27-16-13-24(14-17-27)39-40-31-18-20-35-37(38(31)43-39)29-11-5-6-12-34(29)42-35/h1-22H. The van der Waals surface area contributed by atoms with Crippen molar-refractivity contribution in [3.05, 3.63) is 133 Å². The van der Waals surface area contributed by atoms with Crippen LogP contribution in [0.1, 0.15) is 0 Å². The van der Waals surface area contributed by atoms with Crippen molar-refractivity contribution in [2.45, 2.75) is 0 Å². The third-order valence-corrected chi connectivity index (χ3v) is 11.1. The number of thiazole rings is 1. The first-order valence-electron chi connectivity index (χ1n) is 14.5. The summed E-state index contributed by atoms with van der Waals surface area (Å²) in [5.74, 6) is 0. The first kappa shape index (κ1) is 23.5. The molecule has 3 heterocycles. The predicted molar refractivity (Wildman–Crippen MR) is 187 cm³/mol. The summed E-state index contributed by atoms with van der Waals surface area (Å²) in [5.41, 5.74) is 5.82. The summed E-state index contributed by atoms with van der Waals surface area (Å²) in [6.45, 7) is 0. The molecule has 0 fully saturated rings. The highest BCUT2D eigenvalue weighted by molar-refractivity contribution is 7.28. The lowest BCUT2D eigenvalue weighted by Gasteiger charge is -2.09. The highest BCUT2D eigenvalue weighted by Gasteiger charge is 2.17. The number of aromatic nitrogens is 2. The normalized spacial score (nSPS) is 12.2. The number of nitrogens with zero attached hydrogens (tertiary/aromatic N) is 2. The lowest BCUT2D eigenvalue weighted by Crippen LogP contribution is -1.94. The van der Waals surface area contributed by atoms with Crippen molar-refractivity contribution in [1.29, 1.82) is 0 Å². The Bertz CT molecular complexity index is 2720. The quantitative estimate of drug-likeness (QED) is 0.198. The molecule has 3 aromatic heterocycles. The smallest absolute Gasteiger partial charge is 0.124 e. The molecule has 43 heavy (non-hydrogen) atoms. The van der Waals surface area contributed by atoms with Crippen LogP contribution in [0.4, 0.5) is 0 Å². The molecule has 0 bridgehead atoms. The van der Waals surface area contributed by atoms with Gasteiger partial charge in [-0.2, -0.15) is 0 Å². The summed E-state index contributed by atoms with van der Waals surface area (Å²) in [6, 6.07) is 48.7. The average Bonchev–Trinajstić information content (AvgIpc) is 3.75. The molecule has 0 aliphatic heterocycles. The van der Waals surface area contributed by atoms with E-state index < -0.39 is 0 Å². The first-order chi connectivity index (χ1) is 21.3. The molecule has 0 saturated carbocycles. The Kier molecular flexibility index (Phi) is 4.78. The molecule has 4 heteroatoms. The minimum absolute atomic E-state index is 1.06. The fourth-order valence-electron chi connectivity index (χ4n) is 6.82. The monoisotopic (exact) mass is 582 g/mol. The average molecular weight is 583 g/mol.